The molecule has 0 radical (unpaired) electrons. The predicted molar refractivity (Wildman–Crippen MR) is 124 cm³/mol. The maximum Gasteiger partial charge on any atom is 0.291 e. The van der Waals surface area contributed by atoms with Gasteiger partial charge in [-0.3, -0.25) is 0 Å². The van der Waals surface area contributed by atoms with Crippen molar-refractivity contribution in [3.05, 3.63) is 137 Å². The van der Waals surface area contributed by atoms with E-state index in [-0.39, 0.29) is 0 Å². The first kappa shape index (κ1) is 21.2. The van der Waals surface area contributed by atoms with Crippen LogP contribution in [0.5, 0.6) is 0 Å². The van der Waals surface area contributed by atoms with Gasteiger partial charge < -0.3 is 5.21 Å². The second-order valence-corrected chi connectivity index (χ2v) is 10.2. The molecule has 0 aliphatic carbocycles. The predicted octanol–water partition coefficient (Wildman–Crippen LogP) is 4.83. The van der Waals surface area contributed by atoms with Gasteiger partial charge >= 0.3 is 0 Å². The van der Waals surface area contributed by atoms with Crippen LogP contribution >= 0.6 is 7.26 Å². The van der Waals surface area contributed by atoms with Crippen LogP contribution in [-0.4, -0.2) is 10.3 Å². The van der Waals surface area contributed by atoms with Crippen molar-refractivity contribution in [3.8, 4) is 0 Å². The standard InChI is InChI=1S/C25H22P.HNO3/c1-5-13-22(14-6-1)21-26(23-15-7-2-8-16-23,24-17-9-3-10-18-24)25-19-11-4-12-20-25;2-1(3)4/h1-20H,21H2;(H,2,3,4)/q+1;. The fraction of sp³-hybridized carbons (Fsp3) is 0.0400. The summed E-state index contributed by atoms with van der Waals surface area (Å²) in [6, 6.07) is 44.0. The van der Waals surface area contributed by atoms with E-state index in [1.807, 2.05) is 0 Å². The molecule has 4 rings (SSSR count). The summed E-state index contributed by atoms with van der Waals surface area (Å²) in [4.78, 5) is 8.36. The Morgan fingerprint density at radius 3 is 1.17 bits per heavy atom. The van der Waals surface area contributed by atoms with Gasteiger partial charge in [0, 0.05) is 0 Å². The number of rotatable bonds is 5. The Hall–Kier alpha value is -3.49. The molecule has 4 nitrogen and oxygen atoms in total. The first-order valence-electron chi connectivity index (χ1n) is 9.55. The van der Waals surface area contributed by atoms with Gasteiger partial charge in [-0.2, -0.15) is 0 Å². The van der Waals surface area contributed by atoms with Crippen molar-refractivity contribution in [2.45, 2.75) is 6.16 Å². The molecule has 0 aromatic heterocycles. The molecule has 0 saturated heterocycles. The van der Waals surface area contributed by atoms with Crippen LogP contribution < -0.4 is 15.9 Å². The van der Waals surface area contributed by atoms with Gasteiger partial charge in [-0.25, -0.2) is 0 Å². The lowest BCUT2D eigenvalue weighted by molar-refractivity contribution is -0.742. The molecule has 0 atom stereocenters. The second-order valence-electron chi connectivity index (χ2n) is 6.70. The first-order valence-corrected chi connectivity index (χ1v) is 11.5. The Bertz CT molecular complexity index is 942. The molecule has 0 aliphatic rings. The molecule has 4 aromatic rings. The van der Waals surface area contributed by atoms with Crippen LogP contribution in [0.1, 0.15) is 5.56 Å². The topological polar surface area (TPSA) is 63.4 Å². The Kier molecular flexibility index (Phi) is 7.31. The summed E-state index contributed by atoms with van der Waals surface area (Å²) >= 11 is 0. The Labute approximate surface area is 176 Å². The normalized spacial score (nSPS) is 10.5. The van der Waals surface area contributed by atoms with E-state index in [1.165, 1.54) is 21.5 Å². The molecule has 1 N–H and O–H groups in total. The van der Waals surface area contributed by atoms with Crippen LogP contribution in [0, 0.1) is 10.1 Å². The molecule has 0 fully saturated rings. The average molecular weight is 416 g/mol. The summed E-state index contributed by atoms with van der Waals surface area (Å²) in [6.07, 6.45) is 1.03. The zero-order valence-corrected chi connectivity index (χ0v) is 17.3. The number of hydrogen-bond donors (Lipinski definition) is 1. The molecule has 0 saturated carbocycles. The molecule has 0 spiro atoms. The lowest BCUT2D eigenvalue weighted by Gasteiger charge is -2.27. The molecule has 0 amide bonds. The fourth-order valence-corrected chi connectivity index (χ4v) is 7.87. The smallest absolute Gasteiger partial charge is 0.291 e. The van der Waals surface area contributed by atoms with Crippen molar-refractivity contribution in [3.63, 3.8) is 0 Å². The third-order valence-electron chi connectivity index (χ3n) is 4.85. The summed E-state index contributed by atoms with van der Waals surface area (Å²) in [5.41, 5.74) is 1.39. The summed E-state index contributed by atoms with van der Waals surface area (Å²) < 4.78 is 0. The van der Waals surface area contributed by atoms with E-state index in [9.17, 15) is 0 Å². The van der Waals surface area contributed by atoms with E-state index in [0.29, 0.717) is 0 Å². The lowest BCUT2D eigenvalue weighted by Crippen LogP contribution is -2.32. The largest absolute Gasteiger partial charge is 0.328 e. The molecule has 0 bridgehead atoms. The highest BCUT2D eigenvalue weighted by Crippen LogP contribution is 2.58. The minimum Gasteiger partial charge on any atom is -0.328 e. The van der Waals surface area contributed by atoms with Crippen LogP contribution in [0.4, 0.5) is 0 Å². The van der Waals surface area contributed by atoms with Gasteiger partial charge in [-0.1, -0.05) is 84.9 Å². The van der Waals surface area contributed by atoms with Crippen LogP contribution in [-0.2, 0) is 6.16 Å². The Morgan fingerprint density at radius 1 is 0.600 bits per heavy atom. The van der Waals surface area contributed by atoms with E-state index < -0.39 is 12.3 Å². The van der Waals surface area contributed by atoms with E-state index >= 15 is 0 Å². The lowest BCUT2D eigenvalue weighted by atomic mass is 10.2. The number of hydrogen-bond acceptors (Lipinski definition) is 2. The van der Waals surface area contributed by atoms with Gasteiger partial charge in [0.1, 0.15) is 23.2 Å². The second kappa shape index (κ2) is 10.3. The van der Waals surface area contributed by atoms with Crippen molar-refractivity contribution >= 4 is 23.2 Å². The van der Waals surface area contributed by atoms with Gasteiger partial charge in [0.15, 0.2) is 0 Å². The number of benzene rings is 4. The summed E-state index contributed by atoms with van der Waals surface area (Å²) in [5, 5.41) is 17.9. The van der Waals surface area contributed by atoms with Crippen LogP contribution in [0.15, 0.2) is 121 Å². The number of nitrogens with zero attached hydrogens (tertiary/aromatic N) is 1. The van der Waals surface area contributed by atoms with Crippen molar-refractivity contribution in [2.75, 3.05) is 0 Å². The third-order valence-corrected chi connectivity index (χ3v) is 9.23. The van der Waals surface area contributed by atoms with E-state index in [1.54, 1.807) is 0 Å². The van der Waals surface area contributed by atoms with E-state index in [0.717, 1.165) is 6.16 Å². The van der Waals surface area contributed by atoms with Crippen LogP contribution in [0.2, 0.25) is 0 Å². The Balaban J connectivity index is 0.000000589. The maximum absolute atomic E-state index is 8.36. The summed E-state index contributed by atoms with van der Waals surface area (Å²) in [7, 11) is -1.78. The monoisotopic (exact) mass is 416 g/mol. The first-order chi connectivity index (χ1) is 14.6. The molecule has 150 valence electrons. The van der Waals surface area contributed by atoms with Crippen molar-refractivity contribution < 1.29 is 10.3 Å². The van der Waals surface area contributed by atoms with Crippen molar-refractivity contribution in [1.82, 2.24) is 0 Å². The van der Waals surface area contributed by atoms with Crippen LogP contribution in [0.3, 0.4) is 0 Å². The molecule has 0 unspecified atom stereocenters. The third kappa shape index (κ3) is 5.11. The quantitative estimate of drug-likeness (QED) is 0.288. The highest BCUT2D eigenvalue weighted by molar-refractivity contribution is 7.95. The van der Waals surface area contributed by atoms with Gasteiger partial charge in [0.2, 0.25) is 0 Å². The van der Waals surface area contributed by atoms with E-state index in [2.05, 4.69) is 121 Å². The van der Waals surface area contributed by atoms with Gasteiger partial charge in [-0.15, -0.1) is 10.1 Å². The zero-order chi connectivity index (χ0) is 21.2. The van der Waals surface area contributed by atoms with Gasteiger partial charge in [0.05, 0.1) is 6.16 Å². The fourth-order valence-electron chi connectivity index (χ4n) is 3.63. The molecular weight excluding hydrogens is 393 g/mol. The molecule has 5 heteroatoms. The molecule has 0 aliphatic heterocycles. The van der Waals surface area contributed by atoms with E-state index in [4.69, 9.17) is 15.3 Å². The van der Waals surface area contributed by atoms with Crippen LogP contribution in [0.25, 0.3) is 0 Å². The summed E-state index contributed by atoms with van der Waals surface area (Å²) in [6.45, 7) is 0. The molecule has 4 aromatic carbocycles. The van der Waals surface area contributed by atoms with Gasteiger partial charge in [-0.05, 0) is 42.0 Å². The highest BCUT2D eigenvalue weighted by atomic mass is 31.2. The van der Waals surface area contributed by atoms with Crippen molar-refractivity contribution in [2.24, 2.45) is 0 Å². The molecule has 30 heavy (non-hydrogen) atoms. The average Bonchev–Trinajstić information content (AvgIpc) is 2.80. The zero-order valence-electron chi connectivity index (χ0n) is 16.4. The molecule has 0 heterocycles. The van der Waals surface area contributed by atoms with Gasteiger partial charge in [0.25, 0.3) is 5.09 Å². The van der Waals surface area contributed by atoms with Crippen molar-refractivity contribution in [1.29, 1.82) is 0 Å². The molecular formula is C25H23NO3P+. The minimum atomic E-state index is -1.78. The highest BCUT2D eigenvalue weighted by Gasteiger charge is 2.45. The Morgan fingerprint density at radius 2 is 0.867 bits per heavy atom. The minimum absolute atomic E-state index is 1.03. The maximum atomic E-state index is 8.36. The summed E-state index contributed by atoms with van der Waals surface area (Å²) in [5.74, 6) is 0. The SMILES string of the molecule is O=[N+]([O-])O.c1ccc(C[P+](c2ccccc2)(c2ccccc2)c2ccccc2)cc1.